The summed E-state index contributed by atoms with van der Waals surface area (Å²) in [5.41, 5.74) is 0.837. The molecule has 0 bridgehead atoms. The molecule has 2 heterocycles. The van der Waals surface area contributed by atoms with Crippen molar-refractivity contribution in [3.8, 4) is 0 Å². The number of rotatable bonds is 5. The molecule has 0 unspecified atom stereocenters. The Labute approximate surface area is 142 Å². The van der Waals surface area contributed by atoms with Crippen molar-refractivity contribution >= 4 is 11.6 Å². The molecule has 6 heteroatoms. The summed E-state index contributed by atoms with van der Waals surface area (Å²) in [7, 11) is 0. The SMILES string of the molecule is CC(C)c1nnc(C2CCN(CC(=O)Nc3ccccc3)CC2)o1. The maximum atomic E-state index is 12.1. The highest BCUT2D eigenvalue weighted by atomic mass is 16.4. The first-order valence-corrected chi connectivity index (χ1v) is 8.52. The molecule has 24 heavy (non-hydrogen) atoms. The summed E-state index contributed by atoms with van der Waals surface area (Å²) in [6.07, 6.45) is 1.89. The molecule has 1 aromatic heterocycles. The molecule has 1 amide bonds. The minimum Gasteiger partial charge on any atom is -0.425 e. The van der Waals surface area contributed by atoms with E-state index in [1.165, 1.54) is 0 Å². The van der Waals surface area contributed by atoms with Crippen molar-refractivity contribution in [2.45, 2.75) is 38.5 Å². The molecule has 0 saturated carbocycles. The highest BCUT2D eigenvalue weighted by Crippen LogP contribution is 2.28. The molecule has 1 fully saturated rings. The van der Waals surface area contributed by atoms with Gasteiger partial charge in [0, 0.05) is 17.5 Å². The Bertz CT molecular complexity index is 661. The van der Waals surface area contributed by atoms with Gasteiger partial charge in [-0.15, -0.1) is 10.2 Å². The summed E-state index contributed by atoms with van der Waals surface area (Å²) in [5.74, 6) is 2.03. The van der Waals surface area contributed by atoms with Crippen LogP contribution in [0.2, 0.25) is 0 Å². The maximum absolute atomic E-state index is 12.1. The Kier molecular flexibility index (Phi) is 5.25. The highest BCUT2D eigenvalue weighted by molar-refractivity contribution is 5.92. The Morgan fingerprint density at radius 2 is 1.96 bits per heavy atom. The summed E-state index contributed by atoms with van der Waals surface area (Å²) < 4.78 is 5.76. The fourth-order valence-electron chi connectivity index (χ4n) is 2.91. The molecular formula is C18H24N4O2. The van der Waals surface area contributed by atoms with Crippen LogP contribution in [0, 0.1) is 0 Å². The van der Waals surface area contributed by atoms with Gasteiger partial charge in [-0.1, -0.05) is 32.0 Å². The number of carbonyl (C=O) groups excluding carboxylic acids is 1. The summed E-state index contributed by atoms with van der Waals surface area (Å²) in [5, 5.41) is 11.2. The van der Waals surface area contributed by atoms with Crippen LogP contribution in [0.3, 0.4) is 0 Å². The number of nitrogens with one attached hydrogen (secondary N) is 1. The van der Waals surface area contributed by atoms with Crippen LogP contribution in [-0.4, -0.2) is 40.6 Å². The second-order valence-electron chi connectivity index (χ2n) is 6.60. The van der Waals surface area contributed by atoms with Crippen molar-refractivity contribution < 1.29 is 9.21 Å². The van der Waals surface area contributed by atoms with E-state index in [1.54, 1.807) is 0 Å². The van der Waals surface area contributed by atoms with Crippen LogP contribution in [-0.2, 0) is 4.79 Å². The van der Waals surface area contributed by atoms with E-state index >= 15 is 0 Å². The van der Waals surface area contributed by atoms with Crippen molar-refractivity contribution in [1.29, 1.82) is 0 Å². The predicted octanol–water partition coefficient (Wildman–Crippen LogP) is 3.01. The van der Waals surface area contributed by atoms with Gasteiger partial charge < -0.3 is 9.73 Å². The smallest absolute Gasteiger partial charge is 0.238 e. The number of para-hydroxylation sites is 1. The topological polar surface area (TPSA) is 71.3 Å². The van der Waals surface area contributed by atoms with Crippen molar-refractivity contribution in [2.24, 2.45) is 0 Å². The second kappa shape index (κ2) is 7.57. The first-order valence-electron chi connectivity index (χ1n) is 8.52. The highest BCUT2D eigenvalue weighted by Gasteiger charge is 2.26. The molecule has 1 aromatic carbocycles. The van der Waals surface area contributed by atoms with Gasteiger partial charge in [0.15, 0.2) is 0 Å². The molecule has 0 atom stereocenters. The van der Waals surface area contributed by atoms with E-state index in [0.29, 0.717) is 18.4 Å². The van der Waals surface area contributed by atoms with E-state index in [-0.39, 0.29) is 11.8 Å². The van der Waals surface area contributed by atoms with Gasteiger partial charge >= 0.3 is 0 Å². The fourth-order valence-corrected chi connectivity index (χ4v) is 2.91. The predicted molar refractivity (Wildman–Crippen MR) is 91.9 cm³/mol. The quantitative estimate of drug-likeness (QED) is 0.913. The summed E-state index contributed by atoms with van der Waals surface area (Å²) in [6, 6.07) is 9.55. The van der Waals surface area contributed by atoms with E-state index < -0.39 is 0 Å². The first kappa shape index (κ1) is 16.6. The summed E-state index contributed by atoms with van der Waals surface area (Å²) >= 11 is 0. The third-order valence-corrected chi connectivity index (χ3v) is 4.31. The normalized spacial score (nSPS) is 16.5. The number of carbonyl (C=O) groups is 1. The monoisotopic (exact) mass is 328 g/mol. The number of amides is 1. The molecule has 1 aliphatic heterocycles. The fraction of sp³-hybridized carbons (Fsp3) is 0.500. The van der Waals surface area contributed by atoms with Crippen molar-refractivity contribution in [3.05, 3.63) is 42.1 Å². The molecule has 0 aliphatic carbocycles. The van der Waals surface area contributed by atoms with E-state index in [1.807, 2.05) is 44.2 Å². The number of piperidine rings is 1. The van der Waals surface area contributed by atoms with Gasteiger partial charge in [0.05, 0.1) is 6.54 Å². The largest absolute Gasteiger partial charge is 0.425 e. The molecule has 1 aliphatic rings. The Hall–Kier alpha value is -2.21. The number of likely N-dealkylation sites (tertiary alicyclic amines) is 1. The van der Waals surface area contributed by atoms with Gasteiger partial charge in [0.1, 0.15) is 0 Å². The minimum atomic E-state index is 0.0273. The molecule has 0 spiro atoms. The number of aromatic nitrogens is 2. The summed E-state index contributed by atoms with van der Waals surface area (Å²) in [6.45, 7) is 6.25. The molecule has 3 rings (SSSR count). The van der Waals surface area contributed by atoms with Crippen LogP contribution in [0.15, 0.2) is 34.7 Å². The Morgan fingerprint density at radius 1 is 1.25 bits per heavy atom. The van der Waals surface area contributed by atoms with Crippen molar-refractivity contribution in [3.63, 3.8) is 0 Å². The van der Waals surface area contributed by atoms with Crippen LogP contribution in [0.5, 0.6) is 0 Å². The lowest BCUT2D eigenvalue weighted by Gasteiger charge is -2.29. The van der Waals surface area contributed by atoms with Gasteiger partial charge in [-0.2, -0.15) is 0 Å². The van der Waals surface area contributed by atoms with Crippen molar-refractivity contribution in [1.82, 2.24) is 15.1 Å². The van der Waals surface area contributed by atoms with Crippen LogP contribution in [0.4, 0.5) is 5.69 Å². The third kappa shape index (κ3) is 4.20. The van der Waals surface area contributed by atoms with E-state index in [2.05, 4.69) is 20.4 Å². The second-order valence-corrected chi connectivity index (χ2v) is 6.60. The molecule has 6 nitrogen and oxygen atoms in total. The Balaban J connectivity index is 1.47. The van der Waals surface area contributed by atoms with E-state index in [9.17, 15) is 4.79 Å². The van der Waals surface area contributed by atoms with Gasteiger partial charge in [-0.3, -0.25) is 9.69 Å². The Morgan fingerprint density at radius 3 is 2.58 bits per heavy atom. The number of hydrogen-bond acceptors (Lipinski definition) is 5. The van der Waals surface area contributed by atoms with Gasteiger partial charge in [0.25, 0.3) is 0 Å². The zero-order valence-corrected chi connectivity index (χ0v) is 14.2. The average Bonchev–Trinajstić information content (AvgIpc) is 3.07. The van der Waals surface area contributed by atoms with E-state index in [0.717, 1.165) is 37.5 Å². The number of benzene rings is 1. The molecule has 2 aromatic rings. The van der Waals surface area contributed by atoms with Gasteiger partial charge in [-0.05, 0) is 38.1 Å². The zero-order chi connectivity index (χ0) is 16.9. The van der Waals surface area contributed by atoms with Crippen LogP contribution in [0.1, 0.15) is 50.3 Å². The lowest BCUT2D eigenvalue weighted by atomic mass is 9.97. The number of hydrogen-bond donors (Lipinski definition) is 1. The maximum Gasteiger partial charge on any atom is 0.238 e. The van der Waals surface area contributed by atoms with E-state index in [4.69, 9.17) is 4.42 Å². The van der Waals surface area contributed by atoms with Crippen molar-refractivity contribution in [2.75, 3.05) is 25.0 Å². The number of anilines is 1. The molecule has 1 saturated heterocycles. The van der Waals surface area contributed by atoms with Crippen LogP contribution >= 0.6 is 0 Å². The first-order chi connectivity index (χ1) is 11.6. The third-order valence-electron chi connectivity index (χ3n) is 4.31. The zero-order valence-electron chi connectivity index (χ0n) is 14.2. The van der Waals surface area contributed by atoms with Crippen LogP contribution in [0.25, 0.3) is 0 Å². The lowest BCUT2D eigenvalue weighted by molar-refractivity contribution is -0.117. The molecule has 0 radical (unpaired) electrons. The lowest BCUT2D eigenvalue weighted by Crippen LogP contribution is -2.38. The summed E-state index contributed by atoms with van der Waals surface area (Å²) in [4.78, 5) is 14.3. The number of nitrogens with zero attached hydrogens (tertiary/aromatic N) is 3. The molecule has 1 N–H and O–H groups in total. The molecular weight excluding hydrogens is 304 g/mol. The van der Waals surface area contributed by atoms with Gasteiger partial charge in [-0.25, -0.2) is 0 Å². The van der Waals surface area contributed by atoms with Gasteiger partial charge in [0.2, 0.25) is 17.7 Å². The minimum absolute atomic E-state index is 0.0273. The standard InChI is InChI=1S/C18H24N4O2/c1-13(2)17-20-21-18(24-17)14-8-10-22(11-9-14)12-16(23)19-15-6-4-3-5-7-15/h3-7,13-14H,8-12H2,1-2H3,(H,19,23). The average molecular weight is 328 g/mol. The molecule has 128 valence electrons. The van der Waals surface area contributed by atoms with Crippen LogP contribution < -0.4 is 5.32 Å².